The maximum Gasteiger partial charge on any atom is 0.274 e. The molecule has 0 radical (unpaired) electrons. The summed E-state index contributed by atoms with van der Waals surface area (Å²) in [6.45, 7) is 0.680. The Hall–Kier alpha value is -2.51. The lowest BCUT2D eigenvalue weighted by Crippen LogP contribution is -2.38. The largest absolute Gasteiger partial charge is 0.332 e. The highest BCUT2D eigenvalue weighted by atomic mass is 32.1. The van der Waals surface area contributed by atoms with Crippen LogP contribution in [0.4, 0.5) is 0 Å². The molecule has 1 amide bonds. The highest BCUT2D eigenvalue weighted by molar-refractivity contribution is 7.15. The van der Waals surface area contributed by atoms with Crippen molar-refractivity contribution < 1.29 is 4.79 Å². The molecule has 25 heavy (non-hydrogen) atoms. The highest BCUT2D eigenvalue weighted by Crippen LogP contribution is 2.22. The van der Waals surface area contributed by atoms with E-state index < -0.39 is 5.56 Å². The van der Waals surface area contributed by atoms with Gasteiger partial charge in [0.25, 0.3) is 11.5 Å². The van der Waals surface area contributed by atoms with Gasteiger partial charge in [0.05, 0.1) is 6.04 Å². The summed E-state index contributed by atoms with van der Waals surface area (Å²) in [6.07, 6.45) is 1.76. The Morgan fingerprint density at radius 2 is 1.96 bits per heavy atom. The van der Waals surface area contributed by atoms with Crippen molar-refractivity contribution in [2.45, 2.75) is 6.04 Å². The van der Waals surface area contributed by atoms with Crippen LogP contribution in [0.25, 0.3) is 4.96 Å². The van der Waals surface area contributed by atoms with Crippen LogP contribution in [0.3, 0.4) is 0 Å². The summed E-state index contributed by atoms with van der Waals surface area (Å²) in [5, 5.41) is 1.81. The van der Waals surface area contributed by atoms with Gasteiger partial charge in [0, 0.05) is 31.2 Å². The molecule has 1 atom stereocenters. The number of carbonyl (C=O) groups is 1. The molecule has 130 valence electrons. The van der Waals surface area contributed by atoms with Crippen molar-refractivity contribution in [2.75, 3.05) is 27.7 Å². The van der Waals surface area contributed by atoms with E-state index in [0.717, 1.165) is 5.56 Å². The Morgan fingerprint density at radius 1 is 1.24 bits per heavy atom. The predicted octanol–water partition coefficient (Wildman–Crippen LogP) is 2.13. The van der Waals surface area contributed by atoms with Gasteiger partial charge in [-0.1, -0.05) is 30.3 Å². The summed E-state index contributed by atoms with van der Waals surface area (Å²) < 4.78 is 1.67. The molecule has 0 fully saturated rings. The summed E-state index contributed by atoms with van der Waals surface area (Å²) >= 11 is 1.33. The van der Waals surface area contributed by atoms with Gasteiger partial charge in [-0.15, -0.1) is 11.3 Å². The average molecular weight is 356 g/mol. The first kappa shape index (κ1) is 17.3. The molecule has 6 nitrogen and oxygen atoms in total. The molecule has 0 aliphatic carbocycles. The van der Waals surface area contributed by atoms with Crippen molar-refractivity contribution in [3.63, 3.8) is 0 Å². The fourth-order valence-corrected chi connectivity index (χ4v) is 3.53. The number of thiazole rings is 1. The minimum atomic E-state index is -0.400. The normalized spacial score (nSPS) is 12.5. The second-order valence-electron chi connectivity index (χ2n) is 6.14. The number of carbonyl (C=O) groups excluding carboxylic acids is 1. The van der Waals surface area contributed by atoms with E-state index in [1.807, 2.05) is 54.7 Å². The molecule has 0 aliphatic rings. The standard InChI is InChI=1S/C18H20N4O2S/c1-20(2)12-15(13-7-5-4-6-8-13)21(3)17(24)14-11-16(23)19-18-22(14)9-10-25-18/h4-11,15H,12H2,1-3H3/t15-/m0/s1. The van der Waals surface area contributed by atoms with E-state index in [1.165, 1.54) is 17.4 Å². The van der Waals surface area contributed by atoms with E-state index >= 15 is 0 Å². The molecule has 1 aromatic carbocycles. The Labute approximate surface area is 150 Å². The lowest BCUT2D eigenvalue weighted by molar-refractivity contribution is 0.0697. The predicted molar refractivity (Wildman–Crippen MR) is 99.2 cm³/mol. The molecule has 0 N–H and O–H groups in total. The summed E-state index contributed by atoms with van der Waals surface area (Å²) in [4.78, 5) is 33.2. The first-order valence-corrected chi connectivity index (χ1v) is 8.79. The molecule has 7 heteroatoms. The van der Waals surface area contributed by atoms with E-state index in [2.05, 4.69) is 4.98 Å². The van der Waals surface area contributed by atoms with E-state index in [1.54, 1.807) is 22.5 Å². The van der Waals surface area contributed by atoms with Crippen LogP contribution in [0.1, 0.15) is 22.1 Å². The van der Waals surface area contributed by atoms with Gasteiger partial charge in [-0.2, -0.15) is 4.98 Å². The number of hydrogen-bond donors (Lipinski definition) is 0. The summed E-state index contributed by atoms with van der Waals surface area (Å²) in [6, 6.07) is 11.1. The number of aromatic nitrogens is 2. The van der Waals surface area contributed by atoms with Crippen LogP contribution in [0, 0.1) is 0 Å². The molecule has 2 aromatic heterocycles. The Morgan fingerprint density at radius 3 is 2.64 bits per heavy atom. The number of benzene rings is 1. The lowest BCUT2D eigenvalue weighted by Gasteiger charge is -2.31. The van der Waals surface area contributed by atoms with Crippen LogP contribution in [-0.2, 0) is 0 Å². The Kier molecular flexibility index (Phi) is 4.96. The summed E-state index contributed by atoms with van der Waals surface area (Å²) in [5.41, 5.74) is 0.983. The molecule has 0 unspecified atom stereocenters. The van der Waals surface area contributed by atoms with Gasteiger partial charge in [-0.05, 0) is 19.7 Å². The molecule has 0 saturated carbocycles. The first-order chi connectivity index (χ1) is 12.0. The van der Waals surface area contributed by atoms with Crippen LogP contribution in [0.5, 0.6) is 0 Å². The molecule has 3 aromatic rings. The van der Waals surface area contributed by atoms with Crippen LogP contribution in [-0.4, -0.2) is 52.8 Å². The van der Waals surface area contributed by atoms with Crippen molar-refractivity contribution in [2.24, 2.45) is 0 Å². The molecule has 0 saturated heterocycles. The minimum Gasteiger partial charge on any atom is -0.332 e. The Balaban J connectivity index is 2.01. The van der Waals surface area contributed by atoms with Crippen LogP contribution in [0.15, 0.2) is 52.8 Å². The third-order valence-electron chi connectivity index (χ3n) is 4.04. The quantitative estimate of drug-likeness (QED) is 0.703. The van der Waals surface area contributed by atoms with Crippen LogP contribution in [0.2, 0.25) is 0 Å². The van der Waals surface area contributed by atoms with Gasteiger partial charge >= 0.3 is 0 Å². The third-order valence-corrected chi connectivity index (χ3v) is 4.80. The Bertz CT molecular complexity index is 933. The minimum absolute atomic E-state index is 0.124. The maximum atomic E-state index is 13.1. The number of nitrogens with zero attached hydrogens (tertiary/aromatic N) is 4. The van der Waals surface area contributed by atoms with E-state index in [0.29, 0.717) is 17.2 Å². The SMILES string of the molecule is CN(C)C[C@@H](c1ccccc1)N(C)C(=O)c1cc(=O)nc2sccn12. The summed E-state index contributed by atoms with van der Waals surface area (Å²) in [5.74, 6) is -0.205. The van der Waals surface area contributed by atoms with Gasteiger partial charge in [0.15, 0.2) is 4.96 Å². The molecule has 0 spiro atoms. The van der Waals surface area contributed by atoms with Gasteiger partial charge < -0.3 is 9.80 Å². The number of hydrogen-bond acceptors (Lipinski definition) is 5. The number of fused-ring (bicyclic) bond motifs is 1. The molecule has 0 bridgehead atoms. The second kappa shape index (κ2) is 7.16. The highest BCUT2D eigenvalue weighted by Gasteiger charge is 2.25. The topological polar surface area (TPSA) is 57.9 Å². The molecular formula is C18H20N4O2S. The number of amides is 1. The van der Waals surface area contributed by atoms with E-state index in [-0.39, 0.29) is 11.9 Å². The zero-order valence-corrected chi connectivity index (χ0v) is 15.2. The monoisotopic (exact) mass is 356 g/mol. The molecule has 0 aliphatic heterocycles. The van der Waals surface area contributed by atoms with E-state index in [9.17, 15) is 9.59 Å². The first-order valence-electron chi connectivity index (χ1n) is 7.91. The van der Waals surface area contributed by atoms with Crippen molar-refractivity contribution in [3.05, 3.63) is 69.6 Å². The van der Waals surface area contributed by atoms with Crippen molar-refractivity contribution in [1.29, 1.82) is 0 Å². The van der Waals surface area contributed by atoms with Crippen molar-refractivity contribution >= 4 is 22.2 Å². The molecule has 3 rings (SSSR count). The van der Waals surface area contributed by atoms with E-state index in [4.69, 9.17) is 0 Å². The second-order valence-corrected chi connectivity index (χ2v) is 7.01. The summed E-state index contributed by atoms with van der Waals surface area (Å²) in [7, 11) is 5.72. The maximum absolute atomic E-state index is 13.1. The van der Waals surface area contributed by atoms with Gasteiger partial charge in [0.2, 0.25) is 0 Å². The van der Waals surface area contributed by atoms with Crippen LogP contribution >= 0.6 is 11.3 Å². The zero-order chi connectivity index (χ0) is 18.0. The smallest absolute Gasteiger partial charge is 0.274 e. The molecular weight excluding hydrogens is 336 g/mol. The van der Waals surface area contributed by atoms with Gasteiger partial charge in [-0.25, -0.2) is 0 Å². The van der Waals surface area contributed by atoms with Gasteiger partial charge in [-0.3, -0.25) is 14.0 Å². The molecule has 2 heterocycles. The zero-order valence-electron chi connectivity index (χ0n) is 14.4. The van der Waals surface area contributed by atoms with Crippen molar-refractivity contribution in [1.82, 2.24) is 19.2 Å². The lowest BCUT2D eigenvalue weighted by atomic mass is 10.0. The fourth-order valence-electron chi connectivity index (χ4n) is 2.81. The van der Waals surface area contributed by atoms with Crippen molar-refractivity contribution in [3.8, 4) is 0 Å². The fraction of sp³-hybridized carbons (Fsp3) is 0.278. The van der Waals surface area contributed by atoms with Crippen LogP contribution < -0.4 is 5.56 Å². The number of rotatable bonds is 5. The van der Waals surface area contributed by atoms with Gasteiger partial charge in [0.1, 0.15) is 5.69 Å². The average Bonchev–Trinajstić information content (AvgIpc) is 3.06. The third kappa shape index (κ3) is 3.62. The number of likely N-dealkylation sites (N-methyl/N-ethyl adjacent to an activating group) is 2.